The summed E-state index contributed by atoms with van der Waals surface area (Å²) in [6.07, 6.45) is 2.37. The number of aromatic carboxylic acids is 1. The Morgan fingerprint density at radius 1 is 1.24 bits per heavy atom. The summed E-state index contributed by atoms with van der Waals surface area (Å²) >= 11 is 0. The first-order valence-electron chi connectivity index (χ1n) is 6.90. The standard InChI is InChI=1S/C15H18N2O4/c1-16-13(18)12-7-2-3-8-17(12)14(19)10-5-4-6-11(9-10)15(20)21/h4-6,9,12H,2-3,7-8H2,1H3,(H,16,18)(H,20,21). The van der Waals surface area contributed by atoms with Crippen LogP contribution in [0.3, 0.4) is 0 Å². The first-order chi connectivity index (χ1) is 10.0. The molecule has 112 valence electrons. The number of carboxylic acid groups (broad SMARTS) is 1. The van der Waals surface area contributed by atoms with Crippen molar-refractivity contribution in [2.75, 3.05) is 13.6 Å². The van der Waals surface area contributed by atoms with Crippen LogP contribution in [-0.2, 0) is 4.79 Å². The van der Waals surface area contributed by atoms with Crippen molar-refractivity contribution in [1.29, 1.82) is 0 Å². The number of benzene rings is 1. The molecule has 6 nitrogen and oxygen atoms in total. The largest absolute Gasteiger partial charge is 0.478 e. The Kier molecular flexibility index (Phi) is 4.57. The number of carboxylic acids is 1. The maximum Gasteiger partial charge on any atom is 0.335 e. The topological polar surface area (TPSA) is 86.7 Å². The van der Waals surface area contributed by atoms with Gasteiger partial charge in [-0.3, -0.25) is 9.59 Å². The lowest BCUT2D eigenvalue weighted by Crippen LogP contribution is -2.51. The van der Waals surface area contributed by atoms with E-state index in [4.69, 9.17) is 5.11 Å². The Bertz CT molecular complexity index is 571. The number of hydrogen-bond acceptors (Lipinski definition) is 3. The van der Waals surface area contributed by atoms with Crippen molar-refractivity contribution >= 4 is 17.8 Å². The van der Waals surface area contributed by atoms with Crippen LogP contribution in [0.4, 0.5) is 0 Å². The third kappa shape index (κ3) is 3.21. The highest BCUT2D eigenvalue weighted by Crippen LogP contribution is 2.20. The van der Waals surface area contributed by atoms with Crippen LogP contribution in [0.5, 0.6) is 0 Å². The highest BCUT2D eigenvalue weighted by Gasteiger charge is 2.32. The van der Waals surface area contributed by atoms with Gasteiger partial charge in [0.15, 0.2) is 0 Å². The van der Waals surface area contributed by atoms with Crippen LogP contribution in [-0.4, -0.2) is 47.4 Å². The van der Waals surface area contributed by atoms with Gasteiger partial charge in [-0.1, -0.05) is 6.07 Å². The van der Waals surface area contributed by atoms with E-state index in [1.807, 2.05) is 0 Å². The van der Waals surface area contributed by atoms with E-state index in [0.29, 0.717) is 18.5 Å². The van der Waals surface area contributed by atoms with Crippen LogP contribution in [0, 0.1) is 0 Å². The molecule has 0 aromatic heterocycles. The smallest absolute Gasteiger partial charge is 0.335 e. The average molecular weight is 290 g/mol. The SMILES string of the molecule is CNC(=O)C1CCCCN1C(=O)c1cccc(C(=O)O)c1. The van der Waals surface area contributed by atoms with E-state index in [-0.39, 0.29) is 17.4 Å². The summed E-state index contributed by atoms with van der Waals surface area (Å²) in [5, 5.41) is 11.6. The lowest BCUT2D eigenvalue weighted by atomic mass is 9.99. The van der Waals surface area contributed by atoms with Crippen molar-refractivity contribution in [3.63, 3.8) is 0 Å². The Morgan fingerprint density at radius 2 is 1.95 bits per heavy atom. The third-order valence-corrected chi connectivity index (χ3v) is 3.67. The molecule has 1 unspecified atom stereocenters. The zero-order chi connectivity index (χ0) is 15.4. The first-order valence-corrected chi connectivity index (χ1v) is 6.90. The van der Waals surface area contributed by atoms with Gasteiger partial charge in [-0.15, -0.1) is 0 Å². The van der Waals surface area contributed by atoms with Gasteiger partial charge in [0.05, 0.1) is 5.56 Å². The minimum atomic E-state index is -1.08. The van der Waals surface area contributed by atoms with E-state index in [9.17, 15) is 14.4 Å². The fourth-order valence-corrected chi connectivity index (χ4v) is 2.56. The molecule has 1 aliphatic rings. The highest BCUT2D eigenvalue weighted by atomic mass is 16.4. The Hall–Kier alpha value is -2.37. The summed E-state index contributed by atoms with van der Waals surface area (Å²) in [4.78, 5) is 37.0. The summed E-state index contributed by atoms with van der Waals surface area (Å²) in [6.45, 7) is 0.508. The molecule has 0 bridgehead atoms. The average Bonchev–Trinajstić information content (AvgIpc) is 2.53. The molecule has 21 heavy (non-hydrogen) atoms. The van der Waals surface area contributed by atoms with Gasteiger partial charge in [0, 0.05) is 19.2 Å². The van der Waals surface area contributed by atoms with Gasteiger partial charge < -0.3 is 15.3 Å². The molecule has 6 heteroatoms. The molecule has 2 amide bonds. The predicted octanol–water partition coefficient (Wildman–Crippen LogP) is 1.13. The summed E-state index contributed by atoms with van der Waals surface area (Å²) < 4.78 is 0. The maximum absolute atomic E-state index is 12.6. The Morgan fingerprint density at radius 3 is 2.62 bits per heavy atom. The fourth-order valence-electron chi connectivity index (χ4n) is 2.56. The second-order valence-corrected chi connectivity index (χ2v) is 5.01. The number of piperidine rings is 1. The molecular formula is C15H18N2O4. The number of carbonyl (C=O) groups is 3. The monoisotopic (exact) mass is 290 g/mol. The normalized spacial score (nSPS) is 18.1. The molecule has 1 fully saturated rings. The van der Waals surface area contributed by atoms with E-state index in [0.717, 1.165) is 12.8 Å². The van der Waals surface area contributed by atoms with Crippen molar-refractivity contribution in [2.24, 2.45) is 0 Å². The molecule has 1 saturated heterocycles. The second-order valence-electron chi connectivity index (χ2n) is 5.01. The lowest BCUT2D eigenvalue weighted by Gasteiger charge is -2.34. The van der Waals surface area contributed by atoms with Crippen molar-refractivity contribution < 1.29 is 19.5 Å². The number of amides is 2. The zero-order valence-electron chi connectivity index (χ0n) is 11.8. The van der Waals surface area contributed by atoms with Crippen molar-refractivity contribution in [3.05, 3.63) is 35.4 Å². The van der Waals surface area contributed by atoms with Crippen LogP contribution in [0.15, 0.2) is 24.3 Å². The van der Waals surface area contributed by atoms with Gasteiger partial charge in [0.1, 0.15) is 6.04 Å². The van der Waals surface area contributed by atoms with Gasteiger partial charge >= 0.3 is 5.97 Å². The number of carbonyl (C=O) groups excluding carboxylic acids is 2. The summed E-state index contributed by atoms with van der Waals surface area (Å²) in [7, 11) is 1.55. The molecule has 1 aromatic carbocycles. The minimum absolute atomic E-state index is 0.0642. The molecular weight excluding hydrogens is 272 g/mol. The number of rotatable bonds is 3. The number of nitrogens with zero attached hydrogens (tertiary/aromatic N) is 1. The van der Waals surface area contributed by atoms with Crippen LogP contribution < -0.4 is 5.32 Å². The van der Waals surface area contributed by atoms with Crippen LogP contribution >= 0.6 is 0 Å². The van der Waals surface area contributed by atoms with E-state index in [1.54, 1.807) is 13.1 Å². The van der Waals surface area contributed by atoms with Gasteiger partial charge in [-0.2, -0.15) is 0 Å². The Balaban J connectivity index is 2.26. The van der Waals surface area contributed by atoms with Gasteiger partial charge in [-0.05, 0) is 37.5 Å². The molecule has 2 rings (SSSR count). The summed E-state index contributed by atoms with van der Waals surface area (Å²) in [6, 6.07) is 5.41. The van der Waals surface area contributed by atoms with Crippen molar-refractivity contribution in [3.8, 4) is 0 Å². The van der Waals surface area contributed by atoms with Crippen LogP contribution in [0.25, 0.3) is 0 Å². The van der Waals surface area contributed by atoms with Gasteiger partial charge in [0.25, 0.3) is 5.91 Å². The molecule has 2 N–H and O–H groups in total. The number of likely N-dealkylation sites (tertiary alicyclic amines) is 1. The van der Waals surface area contributed by atoms with Gasteiger partial charge in [0.2, 0.25) is 5.91 Å². The van der Waals surface area contributed by atoms with E-state index < -0.39 is 12.0 Å². The predicted molar refractivity (Wildman–Crippen MR) is 76.1 cm³/mol. The molecule has 1 aliphatic heterocycles. The van der Waals surface area contributed by atoms with Crippen molar-refractivity contribution in [2.45, 2.75) is 25.3 Å². The number of nitrogens with one attached hydrogen (secondary N) is 1. The zero-order valence-corrected chi connectivity index (χ0v) is 11.8. The molecule has 1 atom stereocenters. The van der Waals surface area contributed by atoms with E-state index >= 15 is 0 Å². The lowest BCUT2D eigenvalue weighted by molar-refractivity contribution is -0.126. The maximum atomic E-state index is 12.6. The molecule has 0 aliphatic carbocycles. The van der Waals surface area contributed by atoms with Crippen LogP contribution in [0.2, 0.25) is 0 Å². The quantitative estimate of drug-likeness (QED) is 0.873. The molecule has 0 saturated carbocycles. The van der Waals surface area contributed by atoms with E-state index in [1.165, 1.54) is 23.1 Å². The molecule has 0 radical (unpaired) electrons. The third-order valence-electron chi connectivity index (χ3n) is 3.67. The number of hydrogen-bond donors (Lipinski definition) is 2. The summed E-state index contributed by atoms with van der Waals surface area (Å²) in [5.41, 5.74) is 0.361. The van der Waals surface area contributed by atoms with E-state index in [2.05, 4.69) is 5.32 Å². The fraction of sp³-hybridized carbons (Fsp3) is 0.400. The number of likely N-dealkylation sites (N-methyl/N-ethyl adjacent to an activating group) is 1. The van der Waals surface area contributed by atoms with Crippen molar-refractivity contribution in [1.82, 2.24) is 10.2 Å². The first kappa shape index (κ1) is 15.0. The van der Waals surface area contributed by atoms with Gasteiger partial charge in [-0.25, -0.2) is 4.79 Å². The summed E-state index contributed by atoms with van der Waals surface area (Å²) in [5.74, 6) is -1.56. The second kappa shape index (κ2) is 6.39. The minimum Gasteiger partial charge on any atom is -0.478 e. The highest BCUT2D eigenvalue weighted by molar-refractivity contribution is 5.99. The Labute approximate surface area is 122 Å². The van der Waals surface area contributed by atoms with Crippen LogP contribution in [0.1, 0.15) is 40.0 Å². The molecule has 1 heterocycles. The molecule has 0 spiro atoms. The molecule has 1 aromatic rings.